The van der Waals surface area contributed by atoms with Crippen molar-refractivity contribution in [2.45, 2.75) is 0 Å². The molecule has 0 aliphatic heterocycles. The minimum atomic E-state index is -0.745. The van der Waals surface area contributed by atoms with Crippen LogP contribution in [0.25, 0.3) is 6.08 Å². The van der Waals surface area contributed by atoms with Gasteiger partial charge in [-0.25, -0.2) is 9.18 Å². The fraction of sp³-hybridized carbons (Fsp3) is 0.190. The van der Waals surface area contributed by atoms with E-state index >= 15 is 0 Å². The summed E-state index contributed by atoms with van der Waals surface area (Å²) in [5.74, 6) is -1.37. The van der Waals surface area contributed by atoms with E-state index in [-0.39, 0.29) is 6.54 Å². The van der Waals surface area contributed by atoms with Crippen LogP contribution in [-0.2, 0) is 19.1 Å². The van der Waals surface area contributed by atoms with Gasteiger partial charge < -0.3 is 24.8 Å². The zero-order valence-corrected chi connectivity index (χ0v) is 16.4. The first kappa shape index (κ1) is 22.4. The first-order valence-corrected chi connectivity index (χ1v) is 8.81. The van der Waals surface area contributed by atoms with Crippen molar-refractivity contribution in [3.63, 3.8) is 0 Å². The molecule has 30 heavy (non-hydrogen) atoms. The third kappa shape index (κ3) is 6.93. The summed E-state index contributed by atoms with van der Waals surface area (Å²) >= 11 is 0. The van der Waals surface area contributed by atoms with E-state index in [9.17, 15) is 18.8 Å². The number of para-hydroxylation sites is 1. The highest BCUT2D eigenvalue weighted by Gasteiger charge is 2.10. The molecule has 2 N–H and O–H groups in total. The molecule has 0 fully saturated rings. The van der Waals surface area contributed by atoms with E-state index in [2.05, 4.69) is 10.6 Å². The third-order valence-electron chi connectivity index (χ3n) is 3.75. The molecule has 0 heterocycles. The highest BCUT2D eigenvalue weighted by molar-refractivity contribution is 5.95. The van der Waals surface area contributed by atoms with Crippen LogP contribution >= 0.6 is 0 Å². The van der Waals surface area contributed by atoms with Crippen molar-refractivity contribution in [3.8, 4) is 11.5 Å². The Bertz CT molecular complexity index is 928. The number of hydrogen-bond donors (Lipinski definition) is 2. The summed E-state index contributed by atoms with van der Waals surface area (Å²) in [7, 11) is 2.97. The molecule has 0 atom stereocenters. The Morgan fingerprint density at radius 2 is 1.73 bits per heavy atom. The van der Waals surface area contributed by atoms with E-state index in [1.165, 1.54) is 44.6 Å². The SMILES string of the molecule is COc1cccc(/C=C/C(=O)OCC(=O)NCC(=O)Nc2ccc(F)cc2)c1OC. The first-order chi connectivity index (χ1) is 14.4. The van der Waals surface area contributed by atoms with Crippen LogP contribution < -0.4 is 20.1 Å². The lowest BCUT2D eigenvalue weighted by Crippen LogP contribution is -2.35. The van der Waals surface area contributed by atoms with Crippen LogP contribution in [0.5, 0.6) is 11.5 Å². The molecule has 0 aliphatic rings. The Kier molecular flexibility index (Phi) is 8.37. The van der Waals surface area contributed by atoms with Gasteiger partial charge in [-0.15, -0.1) is 0 Å². The van der Waals surface area contributed by atoms with Crippen LogP contribution in [-0.4, -0.2) is 45.2 Å². The average molecular weight is 416 g/mol. The summed E-state index contributed by atoms with van der Waals surface area (Å²) in [6.07, 6.45) is 2.61. The quantitative estimate of drug-likeness (QED) is 0.480. The number of carbonyl (C=O) groups is 3. The molecule has 0 spiro atoms. The minimum absolute atomic E-state index is 0.329. The Hall–Kier alpha value is -3.88. The van der Waals surface area contributed by atoms with Gasteiger partial charge in [0.25, 0.3) is 5.91 Å². The fourth-order valence-electron chi connectivity index (χ4n) is 2.35. The second-order valence-corrected chi connectivity index (χ2v) is 5.86. The molecular weight excluding hydrogens is 395 g/mol. The van der Waals surface area contributed by atoms with Crippen molar-refractivity contribution in [2.24, 2.45) is 0 Å². The molecule has 0 saturated heterocycles. The van der Waals surface area contributed by atoms with Gasteiger partial charge in [-0.1, -0.05) is 12.1 Å². The summed E-state index contributed by atoms with van der Waals surface area (Å²) in [6.45, 7) is -0.882. The number of anilines is 1. The van der Waals surface area contributed by atoms with E-state index in [1.54, 1.807) is 18.2 Å². The lowest BCUT2D eigenvalue weighted by molar-refractivity contribution is -0.143. The molecule has 2 aromatic carbocycles. The largest absolute Gasteiger partial charge is 0.493 e. The molecule has 2 aromatic rings. The monoisotopic (exact) mass is 416 g/mol. The average Bonchev–Trinajstić information content (AvgIpc) is 2.75. The number of amides is 2. The zero-order chi connectivity index (χ0) is 21.9. The molecule has 2 rings (SSSR count). The smallest absolute Gasteiger partial charge is 0.331 e. The van der Waals surface area contributed by atoms with E-state index < -0.39 is 30.2 Å². The summed E-state index contributed by atoms with van der Waals surface area (Å²) in [6, 6.07) is 10.3. The standard InChI is InChI=1S/C21H21FN2O6/c1-28-17-5-3-4-14(21(17)29-2)6-11-20(27)30-13-19(26)23-12-18(25)24-16-9-7-15(22)8-10-16/h3-11H,12-13H2,1-2H3,(H,23,26)(H,24,25)/b11-6+. The van der Waals surface area contributed by atoms with Gasteiger partial charge >= 0.3 is 5.97 Å². The van der Waals surface area contributed by atoms with Gasteiger partial charge in [0, 0.05) is 17.3 Å². The van der Waals surface area contributed by atoms with Crippen molar-refractivity contribution in [1.29, 1.82) is 0 Å². The number of esters is 1. The number of halogens is 1. The molecule has 0 radical (unpaired) electrons. The summed E-state index contributed by atoms with van der Waals surface area (Å²) in [5.41, 5.74) is 0.982. The lowest BCUT2D eigenvalue weighted by atomic mass is 10.1. The number of hydrogen-bond acceptors (Lipinski definition) is 6. The summed E-state index contributed by atoms with van der Waals surface area (Å²) in [4.78, 5) is 35.3. The van der Waals surface area contributed by atoms with Crippen molar-refractivity contribution in [3.05, 3.63) is 59.9 Å². The molecule has 158 valence electrons. The molecule has 0 bridgehead atoms. The van der Waals surface area contributed by atoms with Crippen molar-refractivity contribution < 1.29 is 33.0 Å². The van der Waals surface area contributed by atoms with Crippen LogP contribution in [0, 0.1) is 5.82 Å². The molecule has 8 nitrogen and oxygen atoms in total. The van der Waals surface area contributed by atoms with Gasteiger partial charge in [0.2, 0.25) is 5.91 Å². The third-order valence-corrected chi connectivity index (χ3v) is 3.75. The predicted octanol–water partition coefficient (Wildman–Crippen LogP) is 2.15. The zero-order valence-electron chi connectivity index (χ0n) is 16.4. The first-order valence-electron chi connectivity index (χ1n) is 8.81. The molecule has 0 saturated carbocycles. The second kappa shape index (κ2) is 11.2. The lowest BCUT2D eigenvalue weighted by Gasteiger charge is -2.09. The predicted molar refractivity (Wildman–Crippen MR) is 108 cm³/mol. The van der Waals surface area contributed by atoms with Crippen LogP contribution in [0.4, 0.5) is 10.1 Å². The number of benzene rings is 2. The fourth-order valence-corrected chi connectivity index (χ4v) is 2.35. The molecule has 0 aromatic heterocycles. The number of methoxy groups -OCH3 is 2. The van der Waals surface area contributed by atoms with Crippen molar-refractivity contribution >= 4 is 29.5 Å². The normalized spacial score (nSPS) is 10.4. The topological polar surface area (TPSA) is 103 Å². The van der Waals surface area contributed by atoms with E-state index in [4.69, 9.17) is 14.2 Å². The number of rotatable bonds is 9. The number of nitrogens with one attached hydrogen (secondary N) is 2. The number of ether oxygens (including phenoxy) is 3. The van der Waals surface area contributed by atoms with Crippen LogP contribution in [0.15, 0.2) is 48.5 Å². The molecular formula is C21H21FN2O6. The highest BCUT2D eigenvalue weighted by Crippen LogP contribution is 2.31. The maximum atomic E-state index is 12.8. The van der Waals surface area contributed by atoms with Gasteiger partial charge in [0.15, 0.2) is 18.1 Å². The van der Waals surface area contributed by atoms with Crippen LogP contribution in [0.3, 0.4) is 0 Å². The van der Waals surface area contributed by atoms with Gasteiger partial charge in [0.1, 0.15) is 5.82 Å². The number of carbonyl (C=O) groups excluding carboxylic acids is 3. The van der Waals surface area contributed by atoms with Crippen molar-refractivity contribution in [2.75, 3.05) is 32.7 Å². The molecule has 0 unspecified atom stereocenters. The Morgan fingerprint density at radius 1 is 1.00 bits per heavy atom. The van der Waals surface area contributed by atoms with Gasteiger partial charge in [-0.05, 0) is 36.4 Å². The second-order valence-electron chi connectivity index (χ2n) is 5.86. The molecule has 0 aliphatic carbocycles. The Balaban J connectivity index is 1.76. The van der Waals surface area contributed by atoms with E-state index in [0.717, 1.165) is 6.08 Å². The van der Waals surface area contributed by atoms with Gasteiger partial charge in [0.05, 0.1) is 20.8 Å². The molecule has 2 amide bonds. The summed E-state index contributed by atoms with van der Waals surface area (Å²) < 4.78 is 28.1. The van der Waals surface area contributed by atoms with Crippen LogP contribution in [0.1, 0.15) is 5.56 Å². The van der Waals surface area contributed by atoms with Gasteiger partial charge in [-0.2, -0.15) is 0 Å². The van der Waals surface area contributed by atoms with E-state index in [0.29, 0.717) is 22.7 Å². The highest BCUT2D eigenvalue weighted by atomic mass is 19.1. The van der Waals surface area contributed by atoms with E-state index in [1.807, 2.05) is 0 Å². The Morgan fingerprint density at radius 3 is 2.40 bits per heavy atom. The maximum absolute atomic E-state index is 12.8. The van der Waals surface area contributed by atoms with Crippen molar-refractivity contribution in [1.82, 2.24) is 5.32 Å². The van der Waals surface area contributed by atoms with Gasteiger partial charge in [-0.3, -0.25) is 9.59 Å². The molecule has 9 heteroatoms. The minimum Gasteiger partial charge on any atom is -0.493 e. The Labute approximate surface area is 172 Å². The maximum Gasteiger partial charge on any atom is 0.331 e. The summed E-state index contributed by atoms with van der Waals surface area (Å²) in [5, 5.41) is 4.80. The van der Waals surface area contributed by atoms with Crippen LogP contribution in [0.2, 0.25) is 0 Å².